The average molecular weight is 288 g/mol. The number of nitrogens with two attached hydrogens (primary N) is 1. The van der Waals surface area contributed by atoms with E-state index in [9.17, 15) is 4.79 Å². The Bertz CT molecular complexity index is 605. The molecule has 1 amide bonds. The van der Waals surface area contributed by atoms with Gasteiger partial charge in [0.15, 0.2) is 0 Å². The minimum absolute atomic E-state index is 0.0224. The maximum Gasteiger partial charge on any atom is 0.222 e. The fourth-order valence-electron chi connectivity index (χ4n) is 2.50. The van der Waals surface area contributed by atoms with Crippen molar-refractivity contribution in [2.45, 2.75) is 33.2 Å². The molecule has 0 spiro atoms. The second-order valence-corrected chi connectivity index (χ2v) is 5.42. The van der Waals surface area contributed by atoms with Gasteiger partial charge in [0, 0.05) is 19.0 Å². The van der Waals surface area contributed by atoms with Crippen LogP contribution in [-0.2, 0) is 11.3 Å². The van der Waals surface area contributed by atoms with Crippen LogP contribution in [-0.4, -0.2) is 28.5 Å². The molecule has 1 aromatic carbocycles. The molecule has 0 aliphatic rings. The van der Waals surface area contributed by atoms with Gasteiger partial charge in [-0.25, -0.2) is 4.98 Å². The van der Waals surface area contributed by atoms with E-state index in [4.69, 9.17) is 5.73 Å². The molecule has 0 radical (unpaired) electrons. The third-order valence-corrected chi connectivity index (χ3v) is 3.77. The molecule has 0 aliphatic carbocycles. The summed E-state index contributed by atoms with van der Waals surface area (Å²) in [6.45, 7) is 5.93. The molecule has 1 heterocycles. The topological polar surface area (TPSA) is 72.9 Å². The van der Waals surface area contributed by atoms with Gasteiger partial charge < -0.3 is 15.6 Å². The number of carbonyl (C=O) groups is 1. The van der Waals surface area contributed by atoms with E-state index < -0.39 is 0 Å². The molecule has 3 N–H and O–H groups in total. The van der Waals surface area contributed by atoms with Crippen molar-refractivity contribution in [1.82, 2.24) is 14.9 Å². The number of nitrogens with zero attached hydrogens (tertiary/aromatic N) is 2. The minimum Gasteiger partial charge on any atom is -0.354 e. The zero-order valence-electron chi connectivity index (χ0n) is 12.8. The van der Waals surface area contributed by atoms with Crippen LogP contribution in [0.15, 0.2) is 24.3 Å². The second-order valence-electron chi connectivity index (χ2n) is 5.42. The van der Waals surface area contributed by atoms with Crippen molar-refractivity contribution < 1.29 is 4.79 Å². The molecule has 0 aliphatic heterocycles. The van der Waals surface area contributed by atoms with Gasteiger partial charge >= 0.3 is 0 Å². The Hall–Kier alpha value is -1.88. The van der Waals surface area contributed by atoms with Crippen molar-refractivity contribution in [3.05, 3.63) is 30.1 Å². The summed E-state index contributed by atoms with van der Waals surface area (Å²) in [6.07, 6.45) is 1.73. The van der Waals surface area contributed by atoms with Crippen molar-refractivity contribution in [2.75, 3.05) is 13.1 Å². The molecule has 1 atom stereocenters. The fourth-order valence-corrected chi connectivity index (χ4v) is 2.50. The maximum absolute atomic E-state index is 11.9. The standard InChI is InChI=1S/C16H24N4O/c1-12(6-5-9-17)16(21)18-10-11-20-13(2)19-14-7-3-4-8-15(14)20/h3-4,7-8,12H,5-6,9-11,17H2,1-2H3,(H,18,21). The van der Waals surface area contributed by atoms with Crippen LogP contribution in [0.2, 0.25) is 0 Å². The van der Waals surface area contributed by atoms with Crippen molar-refractivity contribution >= 4 is 16.9 Å². The highest BCUT2D eigenvalue weighted by molar-refractivity contribution is 5.78. The molecule has 0 fully saturated rings. The van der Waals surface area contributed by atoms with Crippen LogP contribution in [0.4, 0.5) is 0 Å². The lowest BCUT2D eigenvalue weighted by molar-refractivity contribution is -0.124. The molecular weight excluding hydrogens is 264 g/mol. The number of nitrogens with one attached hydrogen (secondary N) is 1. The van der Waals surface area contributed by atoms with Crippen LogP contribution in [0.3, 0.4) is 0 Å². The number of para-hydroxylation sites is 2. The third kappa shape index (κ3) is 3.82. The first kappa shape index (κ1) is 15.5. The van der Waals surface area contributed by atoms with Gasteiger partial charge in [-0.15, -0.1) is 0 Å². The average Bonchev–Trinajstić information content (AvgIpc) is 2.80. The summed E-state index contributed by atoms with van der Waals surface area (Å²) < 4.78 is 2.14. The number of imidazole rings is 1. The lowest BCUT2D eigenvalue weighted by Gasteiger charge is -2.12. The van der Waals surface area contributed by atoms with Crippen LogP contribution in [0, 0.1) is 12.8 Å². The molecule has 1 unspecified atom stereocenters. The van der Waals surface area contributed by atoms with E-state index in [0.717, 1.165) is 36.2 Å². The zero-order valence-corrected chi connectivity index (χ0v) is 12.8. The van der Waals surface area contributed by atoms with Gasteiger partial charge in [0.1, 0.15) is 5.82 Å². The lowest BCUT2D eigenvalue weighted by atomic mass is 10.1. The summed E-state index contributed by atoms with van der Waals surface area (Å²) in [5.41, 5.74) is 7.58. The normalized spacial score (nSPS) is 12.5. The van der Waals surface area contributed by atoms with E-state index in [-0.39, 0.29) is 11.8 Å². The summed E-state index contributed by atoms with van der Waals surface area (Å²) in [6, 6.07) is 8.06. The molecule has 1 aromatic heterocycles. The zero-order chi connectivity index (χ0) is 15.2. The quantitative estimate of drug-likeness (QED) is 0.816. The first-order valence-corrected chi connectivity index (χ1v) is 7.53. The molecule has 114 valence electrons. The van der Waals surface area contributed by atoms with E-state index in [2.05, 4.69) is 20.9 Å². The number of benzene rings is 1. The van der Waals surface area contributed by atoms with Crippen LogP contribution in [0.25, 0.3) is 11.0 Å². The Labute approximate surface area is 125 Å². The van der Waals surface area contributed by atoms with E-state index in [1.165, 1.54) is 0 Å². The second kappa shape index (κ2) is 7.22. The first-order chi connectivity index (χ1) is 10.1. The van der Waals surface area contributed by atoms with Crippen LogP contribution >= 0.6 is 0 Å². The van der Waals surface area contributed by atoms with E-state index in [1.54, 1.807) is 0 Å². The van der Waals surface area contributed by atoms with Gasteiger partial charge in [-0.1, -0.05) is 19.1 Å². The summed E-state index contributed by atoms with van der Waals surface area (Å²) in [5.74, 6) is 1.10. The molecule has 21 heavy (non-hydrogen) atoms. The summed E-state index contributed by atoms with van der Waals surface area (Å²) in [7, 11) is 0. The summed E-state index contributed by atoms with van der Waals surface area (Å²) in [5, 5.41) is 2.99. The molecular formula is C16H24N4O. The number of hydrogen-bond acceptors (Lipinski definition) is 3. The molecule has 2 rings (SSSR count). The maximum atomic E-state index is 11.9. The van der Waals surface area contributed by atoms with Crippen LogP contribution < -0.4 is 11.1 Å². The third-order valence-electron chi connectivity index (χ3n) is 3.77. The van der Waals surface area contributed by atoms with Crippen molar-refractivity contribution in [3.8, 4) is 0 Å². The van der Waals surface area contributed by atoms with Gasteiger partial charge in [-0.05, 0) is 38.4 Å². The van der Waals surface area contributed by atoms with Crippen LogP contribution in [0.5, 0.6) is 0 Å². The monoisotopic (exact) mass is 288 g/mol. The molecule has 0 bridgehead atoms. The Morgan fingerprint density at radius 2 is 2.19 bits per heavy atom. The summed E-state index contributed by atoms with van der Waals surface area (Å²) >= 11 is 0. The molecule has 2 aromatic rings. The first-order valence-electron chi connectivity index (χ1n) is 7.53. The predicted molar refractivity (Wildman–Crippen MR) is 84.9 cm³/mol. The smallest absolute Gasteiger partial charge is 0.222 e. The number of hydrogen-bond donors (Lipinski definition) is 2. The van der Waals surface area contributed by atoms with Crippen LogP contribution in [0.1, 0.15) is 25.6 Å². The fraction of sp³-hybridized carbons (Fsp3) is 0.500. The number of rotatable bonds is 7. The number of amides is 1. The molecule has 0 saturated carbocycles. The van der Waals surface area contributed by atoms with Crippen molar-refractivity contribution in [1.29, 1.82) is 0 Å². The molecule has 0 saturated heterocycles. The van der Waals surface area contributed by atoms with Crippen molar-refractivity contribution in [3.63, 3.8) is 0 Å². The van der Waals surface area contributed by atoms with E-state index >= 15 is 0 Å². The van der Waals surface area contributed by atoms with Gasteiger partial charge in [0.2, 0.25) is 5.91 Å². The lowest BCUT2D eigenvalue weighted by Crippen LogP contribution is -2.32. The predicted octanol–water partition coefficient (Wildman–Crippen LogP) is 1.84. The number of aromatic nitrogens is 2. The minimum atomic E-state index is 0.0224. The SMILES string of the molecule is Cc1nc2ccccc2n1CCNC(=O)C(C)CCCN. The Morgan fingerprint density at radius 1 is 1.43 bits per heavy atom. The highest BCUT2D eigenvalue weighted by atomic mass is 16.1. The molecule has 5 nitrogen and oxygen atoms in total. The number of carbonyl (C=O) groups excluding carboxylic acids is 1. The van der Waals surface area contributed by atoms with Gasteiger partial charge in [0.05, 0.1) is 11.0 Å². The number of fused-ring (bicyclic) bond motifs is 1. The number of aryl methyl sites for hydroxylation is 1. The highest BCUT2D eigenvalue weighted by Gasteiger charge is 2.12. The van der Waals surface area contributed by atoms with Crippen molar-refractivity contribution in [2.24, 2.45) is 11.7 Å². The Morgan fingerprint density at radius 3 is 2.95 bits per heavy atom. The van der Waals surface area contributed by atoms with Gasteiger partial charge in [0.25, 0.3) is 0 Å². The largest absolute Gasteiger partial charge is 0.354 e. The Balaban J connectivity index is 1.90. The Kier molecular flexibility index (Phi) is 5.33. The highest BCUT2D eigenvalue weighted by Crippen LogP contribution is 2.14. The van der Waals surface area contributed by atoms with Gasteiger partial charge in [-0.2, -0.15) is 0 Å². The van der Waals surface area contributed by atoms with E-state index in [1.807, 2.05) is 32.0 Å². The van der Waals surface area contributed by atoms with Gasteiger partial charge in [-0.3, -0.25) is 4.79 Å². The molecule has 5 heteroatoms. The van der Waals surface area contributed by atoms with E-state index in [0.29, 0.717) is 13.1 Å². The summed E-state index contributed by atoms with van der Waals surface area (Å²) in [4.78, 5) is 16.5.